The third kappa shape index (κ3) is 6.53. The standard InChI is InChI=1S/C19H28N2O3.CHF3O3S/c22-17-5-4-16(20-18(17)19-23-13-14-24-19)3-1-2-9-21-10-6-15(7-11-21)8-12-21;2-1(3,4)8(5,6)7/h4-5,15,19H,1-3,6-14H2;(H,5,6,7). The van der Waals surface area contributed by atoms with Crippen LogP contribution in [0.2, 0.25) is 0 Å². The van der Waals surface area contributed by atoms with Gasteiger partial charge in [0.25, 0.3) is 0 Å². The van der Waals surface area contributed by atoms with Crippen LogP contribution in [0.3, 0.4) is 0 Å². The SMILES string of the molecule is O=S(=O)([O-])C(F)(F)F.Oc1ccc(CCCC[N+]23CCC(CC2)CC3)nc1C1OCCO1. The molecule has 4 aliphatic rings. The van der Waals surface area contributed by atoms with E-state index in [0.717, 1.165) is 24.5 Å². The lowest BCUT2D eigenvalue weighted by atomic mass is 9.85. The smallest absolute Gasteiger partial charge is 0.485 e. The number of alkyl halides is 3. The molecular weight excluding hydrogens is 453 g/mol. The molecule has 12 heteroatoms. The zero-order valence-electron chi connectivity index (χ0n) is 17.7. The van der Waals surface area contributed by atoms with Crippen molar-refractivity contribution in [1.82, 2.24) is 4.98 Å². The molecular formula is C20H29F3N2O6S. The monoisotopic (exact) mass is 482 g/mol. The Balaban J connectivity index is 0.000000312. The van der Waals surface area contributed by atoms with Gasteiger partial charge < -0.3 is 23.6 Å². The second-order valence-corrected chi connectivity index (χ2v) is 9.98. The molecule has 5 heterocycles. The summed E-state index contributed by atoms with van der Waals surface area (Å²) in [5.74, 6) is 1.20. The van der Waals surface area contributed by atoms with Crippen molar-refractivity contribution in [3.8, 4) is 5.75 Å². The van der Waals surface area contributed by atoms with E-state index in [2.05, 4.69) is 4.98 Å². The maximum atomic E-state index is 10.7. The Hall–Kier alpha value is -1.47. The molecule has 0 aliphatic carbocycles. The number of halogens is 3. The summed E-state index contributed by atoms with van der Waals surface area (Å²) in [7, 11) is -6.09. The zero-order chi connectivity index (χ0) is 23.4. The van der Waals surface area contributed by atoms with Crippen molar-refractivity contribution < 1.29 is 45.2 Å². The van der Waals surface area contributed by atoms with Crippen molar-refractivity contribution in [2.75, 3.05) is 39.4 Å². The zero-order valence-corrected chi connectivity index (χ0v) is 18.5. The van der Waals surface area contributed by atoms with E-state index < -0.39 is 21.9 Å². The Morgan fingerprint density at radius 2 is 1.66 bits per heavy atom. The van der Waals surface area contributed by atoms with E-state index in [9.17, 15) is 18.3 Å². The molecule has 2 bridgehead atoms. The number of nitrogens with zero attached hydrogens (tertiary/aromatic N) is 2. The number of ether oxygens (including phenoxy) is 2. The minimum absolute atomic E-state index is 0.167. The van der Waals surface area contributed by atoms with Gasteiger partial charge in [-0.3, -0.25) is 0 Å². The minimum atomic E-state index is -6.09. The molecule has 4 aliphatic heterocycles. The number of aromatic nitrogens is 1. The molecule has 0 saturated carbocycles. The molecule has 0 spiro atoms. The fourth-order valence-corrected chi connectivity index (χ4v) is 4.57. The molecule has 0 aromatic carbocycles. The fraction of sp³-hybridized carbons (Fsp3) is 0.750. The highest BCUT2D eigenvalue weighted by Gasteiger charge is 2.39. The summed E-state index contributed by atoms with van der Waals surface area (Å²) in [5.41, 5.74) is -4.09. The number of quaternary nitrogens is 1. The Bertz CT molecular complexity index is 853. The van der Waals surface area contributed by atoms with Crippen molar-refractivity contribution in [2.24, 2.45) is 5.92 Å². The maximum absolute atomic E-state index is 10.7. The predicted molar refractivity (Wildman–Crippen MR) is 106 cm³/mol. The summed E-state index contributed by atoms with van der Waals surface area (Å²) in [6, 6.07) is 3.65. The molecule has 0 radical (unpaired) electrons. The van der Waals surface area contributed by atoms with Crippen molar-refractivity contribution in [1.29, 1.82) is 0 Å². The van der Waals surface area contributed by atoms with Gasteiger partial charge in [-0.15, -0.1) is 0 Å². The highest BCUT2D eigenvalue weighted by molar-refractivity contribution is 7.86. The molecule has 1 aromatic rings. The first-order valence-corrected chi connectivity index (χ1v) is 12.2. The molecule has 1 aromatic heterocycles. The lowest BCUT2D eigenvalue weighted by molar-refractivity contribution is -0.942. The fourth-order valence-electron chi connectivity index (χ4n) is 4.57. The average molecular weight is 483 g/mol. The van der Waals surface area contributed by atoms with Gasteiger partial charge in [-0.1, -0.05) is 0 Å². The summed E-state index contributed by atoms with van der Waals surface area (Å²) in [4.78, 5) is 4.58. The first-order valence-electron chi connectivity index (χ1n) is 10.8. The summed E-state index contributed by atoms with van der Waals surface area (Å²) in [6.45, 7) is 6.67. The van der Waals surface area contributed by atoms with Gasteiger partial charge >= 0.3 is 5.51 Å². The number of piperidine rings is 3. The summed E-state index contributed by atoms with van der Waals surface area (Å²) < 4.78 is 71.2. The minimum Gasteiger partial charge on any atom is -0.741 e. The number of fused-ring (bicyclic) bond motifs is 3. The highest BCUT2D eigenvalue weighted by Crippen LogP contribution is 2.34. The van der Waals surface area contributed by atoms with Crippen LogP contribution in [-0.2, 0) is 26.0 Å². The van der Waals surface area contributed by atoms with Gasteiger partial charge in [0.2, 0.25) is 6.29 Å². The van der Waals surface area contributed by atoms with Gasteiger partial charge in [0, 0.05) is 5.69 Å². The third-order valence-electron chi connectivity index (χ3n) is 6.44. The van der Waals surface area contributed by atoms with Crippen LogP contribution < -0.4 is 0 Å². The van der Waals surface area contributed by atoms with E-state index in [1.165, 1.54) is 56.3 Å². The first kappa shape index (κ1) is 25.2. The number of pyridine rings is 1. The molecule has 4 fully saturated rings. The van der Waals surface area contributed by atoms with E-state index >= 15 is 0 Å². The van der Waals surface area contributed by atoms with Crippen LogP contribution >= 0.6 is 0 Å². The predicted octanol–water partition coefficient (Wildman–Crippen LogP) is 2.84. The molecule has 8 nitrogen and oxygen atoms in total. The van der Waals surface area contributed by atoms with Crippen molar-refractivity contribution in [3.63, 3.8) is 0 Å². The molecule has 182 valence electrons. The number of aryl methyl sites for hydroxylation is 1. The topological polar surface area (TPSA) is 109 Å². The van der Waals surface area contributed by atoms with Gasteiger partial charge in [-0.05, 0) is 56.6 Å². The van der Waals surface area contributed by atoms with Crippen LogP contribution in [-0.4, -0.2) is 72.4 Å². The summed E-state index contributed by atoms with van der Waals surface area (Å²) >= 11 is 0. The van der Waals surface area contributed by atoms with Crippen LogP contribution in [0.4, 0.5) is 13.2 Å². The third-order valence-corrected chi connectivity index (χ3v) is 7.01. The van der Waals surface area contributed by atoms with Crippen molar-refractivity contribution >= 4 is 10.1 Å². The largest absolute Gasteiger partial charge is 0.741 e. The Morgan fingerprint density at radius 3 is 2.19 bits per heavy atom. The lowest BCUT2D eigenvalue weighted by Gasteiger charge is -2.49. The van der Waals surface area contributed by atoms with Gasteiger partial charge in [0.05, 0.1) is 39.4 Å². The molecule has 1 N–H and O–H groups in total. The molecule has 0 amide bonds. The van der Waals surface area contributed by atoms with Crippen LogP contribution in [0.25, 0.3) is 0 Å². The van der Waals surface area contributed by atoms with Crippen LogP contribution in [0, 0.1) is 5.92 Å². The second-order valence-electron chi connectivity index (χ2n) is 8.61. The molecule has 4 saturated heterocycles. The van der Waals surface area contributed by atoms with Crippen molar-refractivity contribution in [2.45, 2.75) is 50.3 Å². The molecule has 0 atom stereocenters. The number of unbranched alkanes of at least 4 members (excludes halogenated alkanes) is 1. The van der Waals surface area contributed by atoms with E-state index in [4.69, 9.17) is 22.4 Å². The Kier molecular flexibility index (Phi) is 8.02. The lowest BCUT2D eigenvalue weighted by Crippen LogP contribution is -2.58. The van der Waals surface area contributed by atoms with Crippen LogP contribution in [0.1, 0.15) is 49.8 Å². The van der Waals surface area contributed by atoms with Crippen LogP contribution in [0.5, 0.6) is 5.75 Å². The normalized spacial score (nSPS) is 26.1. The van der Waals surface area contributed by atoms with Crippen LogP contribution in [0.15, 0.2) is 12.1 Å². The quantitative estimate of drug-likeness (QED) is 0.287. The number of aromatic hydroxyl groups is 1. The first-order chi connectivity index (χ1) is 15.0. The number of hydrogen-bond donors (Lipinski definition) is 1. The Morgan fingerprint density at radius 1 is 1.09 bits per heavy atom. The molecule has 0 unspecified atom stereocenters. The van der Waals surface area contributed by atoms with Gasteiger partial charge in [-0.25, -0.2) is 13.4 Å². The number of hydrogen-bond acceptors (Lipinski definition) is 7. The summed E-state index contributed by atoms with van der Waals surface area (Å²) in [6.07, 6.45) is 7.23. The van der Waals surface area contributed by atoms with Gasteiger partial charge in [0.15, 0.2) is 10.1 Å². The maximum Gasteiger partial charge on any atom is 0.485 e. The van der Waals surface area contributed by atoms with E-state index in [-0.39, 0.29) is 5.75 Å². The second kappa shape index (κ2) is 10.2. The van der Waals surface area contributed by atoms with Gasteiger partial charge in [0.1, 0.15) is 11.4 Å². The molecule has 32 heavy (non-hydrogen) atoms. The molecule has 5 rings (SSSR count). The highest BCUT2D eigenvalue weighted by atomic mass is 32.2. The Labute approximate surface area is 185 Å². The number of rotatable bonds is 6. The average Bonchev–Trinajstić information content (AvgIpc) is 3.27. The van der Waals surface area contributed by atoms with E-state index in [1.807, 2.05) is 6.07 Å². The van der Waals surface area contributed by atoms with E-state index in [1.54, 1.807) is 6.07 Å². The van der Waals surface area contributed by atoms with E-state index in [0.29, 0.717) is 18.9 Å². The summed E-state index contributed by atoms with van der Waals surface area (Å²) in [5, 5.41) is 9.98. The van der Waals surface area contributed by atoms with Crippen molar-refractivity contribution in [3.05, 3.63) is 23.5 Å². The van der Waals surface area contributed by atoms with Gasteiger partial charge in [-0.2, -0.15) is 13.2 Å².